The van der Waals surface area contributed by atoms with Gasteiger partial charge in [-0.05, 0) is 60.8 Å². The van der Waals surface area contributed by atoms with Crippen LogP contribution in [0.5, 0.6) is 0 Å². The summed E-state index contributed by atoms with van der Waals surface area (Å²) in [6, 6.07) is 17.4. The maximum absolute atomic E-state index is 8.74. The van der Waals surface area contributed by atoms with Crippen LogP contribution in [0.2, 0.25) is 0 Å². The van der Waals surface area contributed by atoms with Crippen molar-refractivity contribution in [1.29, 1.82) is 5.26 Å². The summed E-state index contributed by atoms with van der Waals surface area (Å²) < 4.78 is 0. The molecule has 104 valence electrons. The Morgan fingerprint density at radius 1 is 0.952 bits per heavy atom. The molecule has 0 bridgehead atoms. The number of hydrogen-bond acceptors (Lipinski definition) is 4. The molecule has 0 saturated carbocycles. The normalized spacial score (nSPS) is 18.0. The summed E-state index contributed by atoms with van der Waals surface area (Å²) in [5.74, 6) is 0.620. The van der Waals surface area contributed by atoms with Crippen molar-refractivity contribution in [3.63, 3.8) is 0 Å². The van der Waals surface area contributed by atoms with Gasteiger partial charge in [0.15, 0.2) is 0 Å². The van der Waals surface area contributed by atoms with Gasteiger partial charge in [-0.3, -0.25) is 0 Å². The number of nitriles is 1. The number of benzene rings is 2. The van der Waals surface area contributed by atoms with E-state index < -0.39 is 0 Å². The largest absolute Gasteiger partial charge is 0.316 e. The van der Waals surface area contributed by atoms with E-state index in [2.05, 4.69) is 33.7 Å². The Hall–Kier alpha value is -2.51. The van der Waals surface area contributed by atoms with Gasteiger partial charge in [-0.2, -0.15) is 15.5 Å². The van der Waals surface area contributed by atoms with E-state index >= 15 is 0 Å². The number of rotatable bonds is 3. The van der Waals surface area contributed by atoms with E-state index in [0.717, 1.165) is 24.5 Å². The van der Waals surface area contributed by atoms with Crippen LogP contribution in [0.4, 0.5) is 11.4 Å². The topological polar surface area (TPSA) is 60.5 Å². The highest BCUT2D eigenvalue weighted by atomic mass is 15.1. The molecule has 0 radical (unpaired) electrons. The standard InChI is InChI=1S/C17H16N4/c18-11-13-1-5-16(6-2-13)20-21-17-7-3-14(4-8-17)15-9-10-19-12-15/h1-8,15,19H,9-10,12H2/b21-20+. The number of hydrogen-bond donors (Lipinski definition) is 1. The summed E-state index contributed by atoms with van der Waals surface area (Å²) in [6.07, 6.45) is 1.20. The van der Waals surface area contributed by atoms with Crippen molar-refractivity contribution < 1.29 is 0 Å². The molecule has 1 atom stereocenters. The Morgan fingerprint density at radius 2 is 1.57 bits per heavy atom. The fourth-order valence-corrected chi connectivity index (χ4v) is 2.47. The minimum absolute atomic E-state index is 0.620. The van der Waals surface area contributed by atoms with Gasteiger partial charge in [0.25, 0.3) is 0 Å². The van der Waals surface area contributed by atoms with Crippen molar-refractivity contribution >= 4 is 11.4 Å². The molecule has 1 saturated heterocycles. The van der Waals surface area contributed by atoms with Gasteiger partial charge < -0.3 is 5.32 Å². The third-order valence-corrected chi connectivity index (χ3v) is 3.70. The summed E-state index contributed by atoms with van der Waals surface area (Å²) in [5.41, 5.74) is 3.58. The predicted octanol–water partition coefficient (Wildman–Crippen LogP) is 4.05. The molecule has 1 aliphatic rings. The molecule has 4 heteroatoms. The van der Waals surface area contributed by atoms with Crippen molar-refractivity contribution in [3.05, 3.63) is 59.7 Å². The van der Waals surface area contributed by atoms with Gasteiger partial charge in [0, 0.05) is 6.54 Å². The van der Waals surface area contributed by atoms with Crippen LogP contribution in [0, 0.1) is 11.3 Å². The van der Waals surface area contributed by atoms with Gasteiger partial charge in [0.05, 0.1) is 23.0 Å². The van der Waals surface area contributed by atoms with Crippen molar-refractivity contribution in [2.45, 2.75) is 12.3 Å². The van der Waals surface area contributed by atoms with Crippen molar-refractivity contribution in [3.8, 4) is 6.07 Å². The van der Waals surface area contributed by atoms with Crippen LogP contribution < -0.4 is 5.32 Å². The average molecular weight is 276 g/mol. The first-order valence-corrected chi connectivity index (χ1v) is 7.08. The highest BCUT2D eigenvalue weighted by molar-refractivity contribution is 5.44. The molecule has 1 aliphatic heterocycles. The highest BCUT2D eigenvalue weighted by Gasteiger charge is 2.15. The monoisotopic (exact) mass is 276 g/mol. The first kappa shape index (κ1) is 13.5. The van der Waals surface area contributed by atoms with E-state index in [4.69, 9.17) is 5.26 Å². The Kier molecular flexibility index (Phi) is 4.04. The quantitative estimate of drug-likeness (QED) is 0.860. The maximum Gasteiger partial charge on any atom is 0.0991 e. The smallest absolute Gasteiger partial charge is 0.0991 e. The van der Waals surface area contributed by atoms with Gasteiger partial charge in [0.1, 0.15) is 0 Å². The second kappa shape index (κ2) is 6.29. The molecule has 0 aliphatic carbocycles. The second-order valence-electron chi connectivity index (χ2n) is 5.14. The summed E-state index contributed by atoms with van der Waals surface area (Å²) in [6.45, 7) is 2.16. The molecule has 0 spiro atoms. The van der Waals surface area contributed by atoms with E-state index in [1.165, 1.54) is 12.0 Å². The van der Waals surface area contributed by atoms with Gasteiger partial charge in [-0.25, -0.2) is 0 Å². The molecule has 1 heterocycles. The van der Waals surface area contributed by atoms with Crippen molar-refractivity contribution in [1.82, 2.24) is 5.32 Å². The molecule has 3 rings (SSSR count). The maximum atomic E-state index is 8.74. The van der Waals surface area contributed by atoms with Crippen molar-refractivity contribution in [2.75, 3.05) is 13.1 Å². The minimum atomic E-state index is 0.620. The van der Waals surface area contributed by atoms with Crippen LogP contribution in [0.25, 0.3) is 0 Å². The summed E-state index contributed by atoms with van der Waals surface area (Å²) >= 11 is 0. The molecule has 21 heavy (non-hydrogen) atoms. The molecule has 1 fully saturated rings. The minimum Gasteiger partial charge on any atom is -0.316 e. The third kappa shape index (κ3) is 3.33. The van der Waals surface area contributed by atoms with E-state index in [-0.39, 0.29) is 0 Å². The summed E-state index contributed by atoms with van der Waals surface area (Å²) in [5, 5.41) is 20.5. The van der Waals surface area contributed by atoms with E-state index in [0.29, 0.717) is 11.5 Å². The predicted molar refractivity (Wildman–Crippen MR) is 82.0 cm³/mol. The van der Waals surface area contributed by atoms with E-state index in [9.17, 15) is 0 Å². The van der Waals surface area contributed by atoms with Crippen LogP contribution in [0.3, 0.4) is 0 Å². The molecule has 2 aromatic rings. The SMILES string of the molecule is N#Cc1ccc(/N=N/c2ccc(C3CCNC3)cc2)cc1. The zero-order valence-electron chi connectivity index (χ0n) is 11.7. The Morgan fingerprint density at radius 3 is 2.10 bits per heavy atom. The second-order valence-corrected chi connectivity index (χ2v) is 5.14. The molecule has 0 amide bonds. The first-order valence-electron chi connectivity index (χ1n) is 7.08. The van der Waals surface area contributed by atoms with Gasteiger partial charge in [-0.15, -0.1) is 0 Å². The fourth-order valence-electron chi connectivity index (χ4n) is 2.47. The number of nitrogens with one attached hydrogen (secondary N) is 1. The van der Waals surface area contributed by atoms with Gasteiger partial charge in [0.2, 0.25) is 0 Å². The zero-order valence-corrected chi connectivity index (χ0v) is 11.7. The molecule has 2 aromatic carbocycles. The lowest BCUT2D eigenvalue weighted by Crippen LogP contribution is -2.07. The lowest BCUT2D eigenvalue weighted by Gasteiger charge is -2.07. The van der Waals surface area contributed by atoms with Crippen LogP contribution >= 0.6 is 0 Å². The van der Waals surface area contributed by atoms with Crippen LogP contribution in [0.1, 0.15) is 23.5 Å². The summed E-state index contributed by atoms with van der Waals surface area (Å²) in [7, 11) is 0. The van der Waals surface area contributed by atoms with Crippen LogP contribution in [0.15, 0.2) is 58.8 Å². The number of nitrogens with zero attached hydrogens (tertiary/aromatic N) is 3. The summed E-state index contributed by atoms with van der Waals surface area (Å²) in [4.78, 5) is 0. The molecule has 1 unspecified atom stereocenters. The molecule has 1 N–H and O–H groups in total. The lowest BCUT2D eigenvalue weighted by molar-refractivity contribution is 0.763. The highest BCUT2D eigenvalue weighted by Crippen LogP contribution is 2.25. The molecular formula is C17H16N4. The Balaban J connectivity index is 1.69. The fraction of sp³-hybridized carbons (Fsp3) is 0.235. The Bertz CT molecular complexity index is 659. The van der Waals surface area contributed by atoms with E-state index in [1.807, 2.05) is 12.1 Å². The first-order chi connectivity index (χ1) is 10.3. The lowest BCUT2D eigenvalue weighted by atomic mass is 9.98. The zero-order chi connectivity index (χ0) is 14.5. The average Bonchev–Trinajstić information content (AvgIpc) is 3.08. The third-order valence-electron chi connectivity index (χ3n) is 3.70. The Labute approximate surface area is 124 Å². The van der Waals surface area contributed by atoms with Gasteiger partial charge in [-0.1, -0.05) is 12.1 Å². The van der Waals surface area contributed by atoms with E-state index in [1.54, 1.807) is 24.3 Å². The molecule has 0 aromatic heterocycles. The van der Waals surface area contributed by atoms with Crippen LogP contribution in [-0.4, -0.2) is 13.1 Å². The molecule has 4 nitrogen and oxygen atoms in total. The van der Waals surface area contributed by atoms with Crippen molar-refractivity contribution in [2.24, 2.45) is 10.2 Å². The van der Waals surface area contributed by atoms with Crippen LogP contribution in [-0.2, 0) is 0 Å². The number of azo groups is 1. The van der Waals surface area contributed by atoms with Gasteiger partial charge >= 0.3 is 0 Å². The molecular weight excluding hydrogens is 260 g/mol.